The van der Waals surface area contributed by atoms with E-state index in [1.165, 1.54) is 20.3 Å². The van der Waals surface area contributed by atoms with Gasteiger partial charge in [0.05, 0.1) is 24.7 Å². The lowest BCUT2D eigenvalue weighted by atomic mass is 9.92. The zero-order chi connectivity index (χ0) is 21.3. The van der Waals surface area contributed by atoms with Gasteiger partial charge in [-0.05, 0) is 29.4 Å². The average Bonchev–Trinajstić information content (AvgIpc) is 2.70. The molecule has 0 saturated heterocycles. The van der Waals surface area contributed by atoms with Crippen LogP contribution in [0.1, 0.15) is 37.4 Å². The zero-order valence-electron chi connectivity index (χ0n) is 16.3. The number of benzene rings is 1. The van der Waals surface area contributed by atoms with Crippen LogP contribution in [0.15, 0.2) is 52.4 Å². The fourth-order valence-corrected chi connectivity index (χ4v) is 3.29. The SMILES string of the molecule is CON=C(C(=O)OC)C1=CC2=[N+](C(C)c3cccc(C(F)(F)F)c3)OC1=C(C)C2. The zero-order valence-corrected chi connectivity index (χ0v) is 16.3. The maximum Gasteiger partial charge on any atom is 0.416 e. The standard InChI is InChI=1S/C20H20F3N2O4/c1-11-8-15-10-16(17(24-28-4)19(26)27-3)18(11)29-25(15)12(2)13-6-5-7-14(9-13)20(21,22)23/h5-7,9-10,12H,8H2,1-4H3/q+1. The molecule has 0 fully saturated rings. The fraction of sp³-hybridized carbons (Fsp3) is 0.350. The van der Waals surface area contributed by atoms with Gasteiger partial charge in [-0.3, -0.25) is 0 Å². The first-order chi connectivity index (χ1) is 13.7. The molecule has 0 spiro atoms. The molecule has 154 valence electrons. The Morgan fingerprint density at radius 2 is 2.03 bits per heavy atom. The molecule has 0 radical (unpaired) electrons. The van der Waals surface area contributed by atoms with E-state index in [0.29, 0.717) is 29.0 Å². The van der Waals surface area contributed by atoms with E-state index in [1.54, 1.807) is 23.8 Å². The lowest BCUT2D eigenvalue weighted by molar-refractivity contribution is -0.803. The Kier molecular flexibility index (Phi) is 5.50. The van der Waals surface area contributed by atoms with Gasteiger partial charge in [0, 0.05) is 18.6 Å². The number of oxime groups is 1. The maximum absolute atomic E-state index is 13.1. The maximum atomic E-state index is 13.1. The second-order valence-corrected chi connectivity index (χ2v) is 6.67. The number of hydrogen-bond acceptors (Lipinski definition) is 5. The van der Waals surface area contributed by atoms with Crippen LogP contribution in [0.5, 0.6) is 0 Å². The van der Waals surface area contributed by atoms with E-state index in [9.17, 15) is 18.0 Å². The van der Waals surface area contributed by atoms with Gasteiger partial charge in [0.15, 0.2) is 5.71 Å². The summed E-state index contributed by atoms with van der Waals surface area (Å²) in [6.07, 6.45) is -2.18. The summed E-state index contributed by atoms with van der Waals surface area (Å²) < 4.78 is 45.5. The van der Waals surface area contributed by atoms with Crippen molar-refractivity contribution >= 4 is 17.4 Å². The number of hydrogen-bond donors (Lipinski definition) is 0. The Morgan fingerprint density at radius 1 is 1.31 bits per heavy atom. The first-order valence-corrected chi connectivity index (χ1v) is 8.79. The predicted molar refractivity (Wildman–Crippen MR) is 98.1 cm³/mol. The highest BCUT2D eigenvalue weighted by atomic mass is 19.4. The van der Waals surface area contributed by atoms with Gasteiger partial charge in [0.1, 0.15) is 7.11 Å². The summed E-state index contributed by atoms with van der Waals surface area (Å²) in [7, 11) is 2.54. The van der Waals surface area contributed by atoms with Crippen molar-refractivity contribution in [3.05, 3.63) is 58.4 Å². The Hall–Kier alpha value is -3.10. The van der Waals surface area contributed by atoms with Crippen LogP contribution in [-0.4, -0.2) is 36.4 Å². The number of hydroxylamine groups is 1. The van der Waals surface area contributed by atoms with Gasteiger partial charge in [-0.1, -0.05) is 17.3 Å². The number of nitrogens with zero attached hydrogens (tertiary/aromatic N) is 2. The summed E-state index contributed by atoms with van der Waals surface area (Å²) in [5, 5.41) is 3.74. The number of halogens is 3. The fourth-order valence-electron chi connectivity index (χ4n) is 3.29. The van der Waals surface area contributed by atoms with Crippen molar-refractivity contribution in [3.8, 4) is 0 Å². The van der Waals surface area contributed by atoms with Crippen molar-refractivity contribution in [1.29, 1.82) is 0 Å². The molecule has 0 amide bonds. The van der Waals surface area contributed by atoms with Crippen molar-refractivity contribution in [2.75, 3.05) is 14.2 Å². The highest BCUT2D eigenvalue weighted by Crippen LogP contribution is 2.36. The van der Waals surface area contributed by atoms with Crippen LogP contribution in [0.25, 0.3) is 0 Å². The Bertz CT molecular complexity index is 974. The highest BCUT2D eigenvalue weighted by Gasteiger charge is 2.41. The Labute approximate surface area is 165 Å². The number of carbonyl (C=O) groups is 1. The molecule has 1 aromatic rings. The topological polar surface area (TPSA) is 60.1 Å². The molecule has 3 aliphatic rings. The minimum Gasteiger partial charge on any atom is -0.464 e. The molecule has 0 N–H and O–H groups in total. The van der Waals surface area contributed by atoms with Crippen LogP contribution in [0.4, 0.5) is 13.2 Å². The second-order valence-electron chi connectivity index (χ2n) is 6.67. The van der Waals surface area contributed by atoms with Crippen LogP contribution in [0, 0.1) is 0 Å². The number of rotatable bonds is 5. The van der Waals surface area contributed by atoms with Crippen LogP contribution in [0.2, 0.25) is 0 Å². The van der Waals surface area contributed by atoms with E-state index in [1.807, 2.05) is 6.92 Å². The van der Waals surface area contributed by atoms with Crippen LogP contribution < -0.4 is 0 Å². The molecule has 1 atom stereocenters. The molecule has 1 aliphatic carbocycles. The minimum absolute atomic E-state index is 0.0482. The first-order valence-electron chi connectivity index (χ1n) is 8.79. The molecule has 2 bridgehead atoms. The normalized spacial score (nSPS) is 17.8. The van der Waals surface area contributed by atoms with Crippen molar-refractivity contribution in [2.24, 2.45) is 5.16 Å². The molecule has 0 saturated carbocycles. The second kappa shape index (κ2) is 7.73. The van der Waals surface area contributed by atoms with E-state index in [2.05, 4.69) is 5.16 Å². The number of methoxy groups -OCH3 is 1. The Morgan fingerprint density at radius 3 is 2.62 bits per heavy atom. The van der Waals surface area contributed by atoms with Gasteiger partial charge in [0.25, 0.3) is 0 Å². The summed E-state index contributed by atoms with van der Waals surface area (Å²) in [5.41, 5.74) is 1.63. The molecule has 4 rings (SSSR count). The number of esters is 1. The number of ether oxygens (including phenoxy) is 1. The van der Waals surface area contributed by atoms with Gasteiger partial charge in [-0.25, -0.2) is 9.63 Å². The quantitative estimate of drug-likeness (QED) is 0.320. The smallest absolute Gasteiger partial charge is 0.416 e. The largest absolute Gasteiger partial charge is 0.464 e. The first kappa shape index (κ1) is 20.6. The summed E-state index contributed by atoms with van der Waals surface area (Å²) in [5.74, 6) is -0.285. The van der Waals surface area contributed by atoms with E-state index in [0.717, 1.165) is 17.7 Å². The van der Waals surface area contributed by atoms with Gasteiger partial charge in [0.2, 0.25) is 17.5 Å². The third-order valence-electron chi connectivity index (χ3n) is 4.73. The summed E-state index contributed by atoms with van der Waals surface area (Å²) in [6, 6.07) is 4.63. The molecule has 1 aromatic carbocycles. The van der Waals surface area contributed by atoms with Crippen LogP contribution in [-0.2, 0) is 25.4 Å². The molecular weight excluding hydrogens is 389 g/mol. The monoisotopic (exact) mass is 409 g/mol. The third kappa shape index (κ3) is 3.90. The predicted octanol–water partition coefficient (Wildman–Crippen LogP) is 3.94. The van der Waals surface area contributed by atoms with Gasteiger partial charge in [-0.2, -0.15) is 13.2 Å². The molecule has 6 nitrogen and oxygen atoms in total. The van der Waals surface area contributed by atoms with Crippen molar-refractivity contribution in [3.63, 3.8) is 0 Å². The summed E-state index contributed by atoms with van der Waals surface area (Å²) >= 11 is 0. The van der Waals surface area contributed by atoms with E-state index >= 15 is 0 Å². The summed E-state index contributed by atoms with van der Waals surface area (Å²) in [6.45, 7) is 3.59. The van der Waals surface area contributed by atoms with Gasteiger partial charge in [-0.15, -0.1) is 0 Å². The summed E-state index contributed by atoms with van der Waals surface area (Å²) in [4.78, 5) is 22.8. The molecule has 2 heterocycles. The molecule has 0 aromatic heterocycles. The number of fused-ring (bicyclic) bond motifs is 2. The molecule has 1 unspecified atom stereocenters. The van der Waals surface area contributed by atoms with Crippen LogP contribution >= 0.6 is 0 Å². The van der Waals surface area contributed by atoms with Gasteiger partial charge >= 0.3 is 12.1 Å². The lowest BCUT2D eigenvalue weighted by Gasteiger charge is -2.25. The molecule has 9 heteroatoms. The van der Waals surface area contributed by atoms with Crippen molar-refractivity contribution in [2.45, 2.75) is 32.5 Å². The van der Waals surface area contributed by atoms with E-state index < -0.39 is 23.8 Å². The molecule has 29 heavy (non-hydrogen) atoms. The average molecular weight is 409 g/mol. The van der Waals surface area contributed by atoms with E-state index in [-0.39, 0.29) is 5.71 Å². The number of carbonyl (C=O) groups excluding carboxylic acids is 1. The number of allylic oxidation sites excluding steroid dienone is 3. The highest BCUT2D eigenvalue weighted by molar-refractivity contribution is 6.45. The molecule has 2 aliphatic heterocycles. The number of alkyl halides is 3. The van der Waals surface area contributed by atoms with E-state index in [4.69, 9.17) is 14.4 Å². The van der Waals surface area contributed by atoms with Gasteiger partial charge < -0.3 is 9.57 Å². The third-order valence-corrected chi connectivity index (χ3v) is 4.73. The van der Waals surface area contributed by atoms with Crippen LogP contribution in [0.3, 0.4) is 0 Å². The van der Waals surface area contributed by atoms with Crippen molar-refractivity contribution in [1.82, 2.24) is 0 Å². The van der Waals surface area contributed by atoms with Crippen molar-refractivity contribution < 1.29 is 37.1 Å². The minimum atomic E-state index is -4.43. The molecular formula is C20H20F3N2O4+. The lowest BCUT2D eigenvalue weighted by Crippen LogP contribution is -2.35. The Balaban J connectivity index is 2.02.